The lowest BCUT2D eigenvalue weighted by molar-refractivity contribution is 0.589. The highest BCUT2D eigenvalue weighted by Crippen LogP contribution is 2.29. The fourth-order valence-electron chi connectivity index (χ4n) is 2.27. The summed E-state index contributed by atoms with van der Waals surface area (Å²) < 4.78 is 5.65. The van der Waals surface area contributed by atoms with Gasteiger partial charge >= 0.3 is 0 Å². The molecule has 0 saturated heterocycles. The van der Waals surface area contributed by atoms with Crippen LogP contribution in [0.3, 0.4) is 0 Å². The second-order valence-electron chi connectivity index (χ2n) is 6.22. The van der Waals surface area contributed by atoms with Crippen molar-refractivity contribution < 1.29 is 4.42 Å². The molecule has 0 atom stereocenters. The molecule has 0 amide bonds. The minimum absolute atomic E-state index is 0.184. The van der Waals surface area contributed by atoms with Crippen LogP contribution in [0.5, 0.6) is 0 Å². The molecule has 2 rings (SSSR count). The normalized spacial score (nSPS) is 12.2. The lowest BCUT2D eigenvalue weighted by atomic mass is 9.86. The molecule has 0 bridgehead atoms. The smallest absolute Gasteiger partial charge is 0.134 e. The summed E-state index contributed by atoms with van der Waals surface area (Å²) in [6.45, 7) is 11.0. The molecule has 0 spiro atoms. The van der Waals surface area contributed by atoms with Crippen LogP contribution in [0.4, 0.5) is 0 Å². The van der Waals surface area contributed by atoms with Crippen molar-refractivity contribution in [3.8, 4) is 0 Å². The van der Waals surface area contributed by atoms with E-state index in [1.165, 1.54) is 22.9 Å². The van der Waals surface area contributed by atoms with E-state index in [2.05, 4.69) is 51.2 Å². The van der Waals surface area contributed by atoms with Crippen LogP contribution < -0.4 is 5.32 Å². The van der Waals surface area contributed by atoms with Gasteiger partial charge in [0.25, 0.3) is 0 Å². The number of furan rings is 1. The largest absolute Gasteiger partial charge is 0.464 e. The molecule has 19 heavy (non-hydrogen) atoms. The third-order valence-corrected chi connectivity index (χ3v) is 3.52. The van der Waals surface area contributed by atoms with Crippen LogP contribution in [0.2, 0.25) is 0 Å². The molecule has 0 aliphatic carbocycles. The van der Waals surface area contributed by atoms with Crippen LogP contribution in [0.15, 0.2) is 28.9 Å². The van der Waals surface area contributed by atoms with Crippen LogP contribution in [0.25, 0.3) is 11.0 Å². The molecule has 0 unspecified atom stereocenters. The zero-order valence-corrected chi connectivity index (χ0v) is 12.5. The Kier molecular flexibility index (Phi) is 4.31. The van der Waals surface area contributed by atoms with Crippen molar-refractivity contribution in [2.24, 2.45) is 0 Å². The lowest BCUT2D eigenvalue weighted by Gasteiger charge is -2.18. The average Bonchev–Trinajstić information content (AvgIpc) is 2.76. The monoisotopic (exact) mass is 259 g/mol. The molecule has 1 aromatic carbocycles. The van der Waals surface area contributed by atoms with Crippen molar-refractivity contribution in [2.45, 2.75) is 46.0 Å². The molecular weight excluding hydrogens is 234 g/mol. The second kappa shape index (κ2) is 5.79. The van der Waals surface area contributed by atoms with Gasteiger partial charge in [-0.2, -0.15) is 0 Å². The highest BCUT2D eigenvalue weighted by Gasteiger charge is 2.15. The van der Waals surface area contributed by atoms with E-state index in [0.717, 1.165) is 25.1 Å². The van der Waals surface area contributed by atoms with Crippen LogP contribution in [0, 0.1) is 0 Å². The van der Waals surface area contributed by atoms with Crippen molar-refractivity contribution in [3.05, 3.63) is 35.6 Å². The fraction of sp³-hybridized carbons (Fsp3) is 0.529. The zero-order valence-electron chi connectivity index (χ0n) is 12.5. The average molecular weight is 259 g/mol. The summed E-state index contributed by atoms with van der Waals surface area (Å²) in [6.07, 6.45) is 4.12. The van der Waals surface area contributed by atoms with Crippen LogP contribution in [-0.2, 0) is 11.8 Å². The molecule has 0 radical (unpaired) electrons. The number of fused-ring (bicyclic) bond motifs is 1. The Morgan fingerprint density at radius 1 is 1.16 bits per heavy atom. The molecule has 1 aromatic heterocycles. The van der Waals surface area contributed by atoms with Crippen LogP contribution >= 0.6 is 0 Å². The molecule has 0 aliphatic heterocycles. The first-order chi connectivity index (χ1) is 9.02. The minimum atomic E-state index is 0.184. The van der Waals surface area contributed by atoms with E-state index < -0.39 is 0 Å². The van der Waals surface area contributed by atoms with Crippen molar-refractivity contribution in [1.29, 1.82) is 0 Å². The Hall–Kier alpha value is -1.28. The predicted octanol–water partition coefficient (Wildman–Crippen LogP) is 4.27. The second-order valence-corrected chi connectivity index (χ2v) is 6.22. The number of benzene rings is 1. The third kappa shape index (κ3) is 3.38. The van der Waals surface area contributed by atoms with E-state index in [9.17, 15) is 0 Å². The Morgan fingerprint density at radius 2 is 1.95 bits per heavy atom. The van der Waals surface area contributed by atoms with Crippen LogP contribution in [-0.4, -0.2) is 13.1 Å². The third-order valence-electron chi connectivity index (χ3n) is 3.52. The first-order valence-electron chi connectivity index (χ1n) is 7.23. The van der Waals surface area contributed by atoms with Gasteiger partial charge in [0.1, 0.15) is 5.58 Å². The molecule has 2 aromatic rings. The van der Waals surface area contributed by atoms with Gasteiger partial charge in [0, 0.05) is 5.39 Å². The van der Waals surface area contributed by atoms with Crippen molar-refractivity contribution >= 4 is 11.0 Å². The van der Waals surface area contributed by atoms with Gasteiger partial charge in [-0.15, -0.1) is 0 Å². The fourth-order valence-corrected chi connectivity index (χ4v) is 2.27. The number of nitrogens with one attached hydrogen (secondary N) is 1. The Balaban J connectivity index is 2.20. The Labute approximate surface area is 116 Å². The van der Waals surface area contributed by atoms with Gasteiger partial charge in [0.05, 0.1) is 6.26 Å². The topological polar surface area (TPSA) is 25.2 Å². The van der Waals surface area contributed by atoms with Gasteiger partial charge in [0.2, 0.25) is 0 Å². The summed E-state index contributed by atoms with van der Waals surface area (Å²) in [6, 6.07) is 6.55. The summed E-state index contributed by atoms with van der Waals surface area (Å²) in [5.41, 5.74) is 3.86. The number of rotatable bonds is 5. The molecule has 0 saturated carbocycles. The Morgan fingerprint density at radius 3 is 2.63 bits per heavy atom. The SMILES string of the molecule is CCCNCCc1coc2ccc(C(C)(C)C)cc12. The van der Waals surface area contributed by atoms with E-state index in [1.54, 1.807) is 0 Å². The Bertz CT molecular complexity index is 534. The summed E-state index contributed by atoms with van der Waals surface area (Å²) in [5.74, 6) is 0. The molecule has 0 aliphatic rings. The van der Waals surface area contributed by atoms with E-state index in [4.69, 9.17) is 4.42 Å². The van der Waals surface area contributed by atoms with Gasteiger partial charge in [-0.3, -0.25) is 0 Å². The minimum Gasteiger partial charge on any atom is -0.464 e. The summed E-state index contributed by atoms with van der Waals surface area (Å²) in [7, 11) is 0. The molecule has 0 fully saturated rings. The highest BCUT2D eigenvalue weighted by molar-refractivity contribution is 5.82. The quantitative estimate of drug-likeness (QED) is 0.811. The summed E-state index contributed by atoms with van der Waals surface area (Å²) in [5, 5.41) is 4.71. The van der Waals surface area contributed by atoms with Gasteiger partial charge in [-0.05, 0) is 54.6 Å². The van der Waals surface area contributed by atoms with Gasteiger partial charge in [-0.1, -0.05) is 33.8 Å². The van der Waals surface area contributed by atoms with Gasteiger partial charge in [0.15, 0.2) is 0 Å². The van der Waals surface area contributed by atoms with Gasteiger partial charge in [-0.25, -0.2) is 0 Å². The zero-order chi connectivity index (χ0) is 13.9. The maximum Gasteiger partial charge on any atom is 0.134 e. The molecule has 1 heterocycles. The van der Waals surface area contributed by atoms with Crippen molar-refractivity contribution in [1.82, 2.24) is 5.32 Å². The van der Waals surface area contributed by atoms with E-state index >= 15 is 0 Å². The highest BCUT2D eigenvalue weighted by atomic mass is 16.3. The number of hydrogen-bond acceptors (Lipinski definition) is 2. The molecule has 104 valence electrons. The van der Waals surface area contributed by atoms with E-state index in [-0.39, 0.29) is 5.41 Å². The van der Waals surface area contributed by atoms with Crippen molar-refractivity contribution in [2.75, 3.05) is 13.1 Å². The van der Waals surface area contributed by atoms with Gasteiger partial charge < -0.3 is 9.73 Å². The lowest BCUT2D eigenvalue weighted by Crippen LogP contribution is -2.17. The molecule has 2 heteroatoms. The summed E-state index contributed by atoms with van der Waals surface area (Å²) >= 11 is 0. The first-order valence-corrected chi connectivity index (χ1v) is 7.23. The maximum atomic E-state index is 5.65. The van der Waals surface area contributed by atoms with Crippen LogP contribution in [0.1, 0.15) is 45.2 Å². The van der Waals surface area contributed by atoms with E-state index in [0.29, 0.717) is 0 Å². The molecule has 2 nitrogen and oxygen atoms in total. The number of hydrogen-bond donors (Lipinski definition) is 1. The predicted molar refractivity (Wildman–Crippen MR) is 81.8 cm³/mol. The van der Waals surface area contributed by atoms with Crippen molar-refractivity contribution in [3.63, 3.8) is 0 Å². The standard InChI is InChI=1S/C17H25NO/c1-5-9-18-10-8-13-12-19-16-7-6-14(11-15(13)16)17(2,3)4/h6-7,11-12,18H,5,8-10H2,1-4H3. The first kappa shape index (κ1) is 14.1. The maximum absolute atomic E-state index is 5.65. The summed E-state index contributed by atoms with van der Waals surface area (Å²) in [4.78, 5) is 0. The molecular formula is C17H25NO. The van der Waals surface area contributed by atoms with E-state index in [1.807, 2.05) is 6.26 Å². The molecule has 1 N–H and O–H groups in total.